The van der Waals surface area contributed by atoms with Crippen LogP contribution < -0.4 is 14.4 Å². The Balaban J connectivity index is 1.04. The molecule has 0 saturated carbocycles. The van der Waals surface area contributed by atoms with E-state index >= 15 is 0 Å². The summed E-state index contributed by atoms with van der Waals surface area (Å²) < 4.78 is 13.3. The molecule has 0 saturated heterocycles. The Bertz CT molecular complexity index is 3210. The monoisotopic (exact) mass is 827 g/mol. The molecule has 2 aliphatic carbocycles. The number of hydrogen-bond donors (Lipinski definition) is 0. The molecule has 3 heteroatoms. The van der Waals surface area contributed by atoms with Crippen molar-refractivity contribution >= 4 is 27.8 Å². The van der Waals surface area contributed by atoms with E-state index in [2.05, 4.69) is 219 Å². The van der Waals surface area contributed by atoms with Crippen molar-refractivity contribution in [1.82, 2.24) is 0 Å². The average molecular weight is 828 g/mol. The van der Waals surface area contributed by atoms with E-state index in [0.717, 1.165) is 87.8 Å². The van der Waals surface area contributed by atoms with Gasteiger partial charge in [0, 0.05) is 50.7 Å². The van der Waals surface area contributed by atoms with E-state index in [1.807, 2.05) is 0 Å². The molecule has 12 rings (SSSR count). The Morgan fingerprint density at radius 2 is 1.22 bits per heavy atom. The quantitative estimate of drug-likeness (QED) is 0.149. The minimum Gasteiger partial charge on any atom is -0.485 e. The number of ether oxygens (including phenoxy) is 2. The number of nitrogens with zero attached hydrogens (tertiary/aromatic N) is 1. The number of allylic oxidation sites excluding steroid dienone is 4. The van der Waals surface area contributed by atoms with Crippen molar-refractivity contribution in [3.8, 4) is 56.0 Å². The normalized spacial score (nSPS) is 17.8. The van der Waals surface area contributed by atoms with E-state index in [-0.39, 0.29) is 11.5 Å². The lowest BCUT2D eigenvalue weighted by atomic mass is 9.72. The van der Waals surface area contributed by atoms with Crippen molar-refractivity contribution < 1.29 is 9.47 Å². The van der Waals surface area contributed by atoms with Crippen LogP contribution in [0.5, 0.6) is 11.5 Å². The van der Waals surface area contributed by atoms with Crippen LogP contribution in [-0.4, -0.2) is 6.10 Å². The molecular formula is C61H49NO2. The second-order valence-corrected chi connectivity index (χ2v) is 18.2. The van der Waals surface area contributed by atoms with Gasteiger partial charge in [0.05, 0.1) is 0 Å². The zero-order chi connectivity index (χ0) is 42.8. The van der Waals surface area contributed by atoms with Crippen LogP contribution in [0.4, 0.5) is 17.1 Å². The Labute approximate surface area is 376 Å². The van der Waals surface area contributed by atoms with Gasteiger partial charge in [-0.05, 0) is 142 Å². The Morgan fingerprint density at radius 1 is 0.516 bits per heavy atom. The number of rotatable bonds is 7. The van der Waals surface area contributed by atoms with E-state index in [1.165, 1.54) is 44.2 Å². The Hall–Kier alpha value is -7.36. The van der Waals surface area contributed by atoms with Gasteiger partial charge < -0.3 is 14.4 Å². The standard InChI is InChI=1S/C61H49NO2/c1-61(2)55-24-11-13-26-58(55)63-59-34-30-44(39-56(59)61)45-35-46(51-20-9-8-19-50(51)41-16-4-3-5-17-41)38-49(37-45)62(48-33-27-40-15-6-7-18-43(40)36-48)47-31-28-42(29-32-47)52-22-14-23-54-53-21-10-12-25-57(53)64-60(52)54/h3-9,12,14-20,22-39,53,57H,10-11,13,21H2,1-2H3. The highest BCUT2D eigenvalue weighted by atomic mass is 16.5. The smallest absolute Gasteiger partial charge is 0.131 e. The molecule has 8 aromatic rings. The summed E-state index contributed by atoms with van der Waals surface area (Å²) in [5.41, 5.74) is 16.2. The van der Waals surface area contributed by atoms with Crippen LogP contribution in [0.15, 0.2) is 212 Å². The highest BCUT2D eigenvalue weighted by molar-refractivity contribution is 5.93. The van der Waals surface area contributed by atoms with Crippen LogP contribution in [0, 0.1) is 0 Å². The summed E-state index contributed by atoms with van der Waals surface area (Å²) in [5.74, 6) is 3.40. The maximum Gasteiger partial charge on any atom is 0.131 e. The fraction of sp³-hybridized carbons (Fsp3) is 0.148. The van der Waals surface area contributed by atoms with Gasteiger partial charge in [0.1, 0.15) is 23.4 Å². The summed E-state index contributed by atoms with van der Waals surface area (Å²) in [6.45, 7) is 4.68. The summed E-state index contributed by atoms with van der Waals surface area (Å²) in [7, 11) is 0. The molecular weight excluding hydrogens is 779 g/mol. The second kappa shape index (κ2) is 15.5. The topological polar surface area (TPSA) is 21.7 Å². The number of hydrogen-bond acceptors (Lipinski definition) is 3. The molecule has 310 valence electrons. The van der Waals surface area contributed by atoms with Crippen molar-refractivity contribution in [3.63, 3.8) is 0 Å². The fourth-order valence-electron chi connectivity index (χ4n) is 10.7. The van der Waals surface area contributed by atoms with Gasteiger partial charge in [-0.3, -0.25) is 0 Å². The molecule has 0 bridgehead atoms. The number of anilines is 3. The Kier molecular flexibility index (Phi) is 9.26. The first-order valence-electron chi connectivity index (χ1n) is 22.9. The molecule has 0 N–H and O–H groups in total. The van der Waals surface area contributed by atoms with Gasteiger partial charge in [0.25, 0.3) is 0 Å². The SMILES string of the molecule is CC1(C)C2=CCCC=C2Oc2ccc(-c3cc(-c4ccccc4-c4ccccc4)cc(N(c4ccc(-c5cccc6c5OC5C=CCCC65)cc4)c4ccc5ccccc5c4)c3)cc21. The first-order valence-corrected chi connectivity index (χ1v) is 22.9. The average Bonchev–Trinajstić information content (AvgIpc) is 3.74. The van der Waals surface area contributed by atoms with Crippen molar-refractivity contribution in [1.29, 1.82) is 0 Å². The summed E-state index contributed by atoms with van der Waals surface area (Å²) >= 11 is 0. The molecule has 0 amide bonds. The Morgan fingerprint density at radius 3 is 2.08 bits per heavy atom. The van der Waals surface area contributed by atoms with Crippen molar-refractivity contribution in [2.45, 2.75) is 57.0 Å². The molecule has 2 heterocycles. The van der Waals surface area contributed by atoms with Gasteiger partial charge in [-0.25, -0.2) is 0 Å². The van der Waals surface area contributed by atoms with Crippen LogP contribution >= 0.6 is 0 Å². The summed E-state index contributed by atoms with van der Waals surface area (Å²) in [4.78, 5) is 2.43. The molecule has 0 spiro atoms. The lowest BCUT2D eigenvalue weighted by molar-refractivity contribution is 0.245. The first-order chi connectivity index (χ1) is 31.5. The predicted octanol–water partition coefficient (Wildman–Crippen LogP) is 16.4. The molecule has 4 aliphatic rings. The van der Waals surface area contributed by atoms with E-state index in [9.17, 15) is 0 Å². The van der Waals surface area contributed by atoms with Crippen molar-refractivity contribution in [2.24, 2.45) is 0 Å². The van der Waals surface area contributed by atoms with Crippen LogP contribution in [0.2, 0.25) is 0 Å². The van der Waals surface area contributed by atoms with Crippen LogP contribution in [0.3, 0.4) is 0 Å². The molecule has 64 heavy (non-hydrogen) atoms. The number of benzene rings is 8. The zero-order valence-electron chi connectivity index (χ0n) is 36.3. The molecule has 0 radical (unpaired) electrons. The number of para-hydroxylation sites is 1. The maximum absolute atomic E-state index is 6.67. The zero-order valence-corrected chi connectivity index (χ0v) is 36.3. The highest BCUT2D eigenvalue weighted by Crippen LogP contribution is 2.51. The summed E-state index contributed by atoms with van der Waals surface area (Å²) in [6.07, 6.45) is 13.6. The van der Waals surface area contributed by atoms with Crippen LogP contribution in [0.25, 0.3) is 55.3 Å². The molecule has 2 atom stereocenters. The van der Waals surface area contributed by atoms with Gasteiger partial charge in [-0.1, -0.05) is 147 Å². The first kappa shape index (κ1) is 38.3. The van der Waals surface area contributed by atoms with Gasteiger partial charge in [0.2, 0.25) is 0 Å². The van der Waals surface area contributed by atoms with E-state index < -0.39 is 0 Å². The van der Waals surface area contributed by atoms with E-state index in [1.54, 1.807) is 0 Å². The third-order valence-corrected chi connectivity index (χ3v) is 14.0. The maximum atomic E-state index is 6.67. The van der Waals surface area contributed by atoms with Gasteiger partial charge >= 0.3 is 0 Å². The minimum atomic E-state index is -0.201. The van der Waals surface area contributed by atoms with Crippen LogP contribution in [0.1, 0.15) is 56.6 Å². The van der Waals surface area contributed by atoms with Crippen molar-refractivity contribution in [2.75, 3.05) is 4.90 Å². The minimum absolute atomic E-state index is 0.119. The molecule has 2 aliphatic heterocycles. The van der Waals surface area contributed by atoms with Gasteiger partial charge in [-0.15, -0.1) is 0 Å². The van der Waals surface area contributed by atoms with Crippen molar-refractivity contribution in [3.05, 3.63) is 223 Å². The third-order valence-electron chi connectivity index (χ3n) is 14.0. The lowest BCUT2D eigenvalue weighted by Gasteiger charge is -2.38. The lowest BCUT2D eigenvalue weighted by Crippen LogP contribution is -2.29. The molecule has 8 aromatic carbocycles. The molecule has 3 nitrogen and oxygen atoms in total. The van der Waals surface area contributed by atoms with E-state index in [4.69, 9.17) is 9.47 Å². The molecule has 0 aromatic heterocycles. The summed E-state index contributed by atoms with van der Waals surface area (Å²) in [5, 5.41) is 2.41. The largest absolute Gasteiger partial charge is 0.485 e. The fourth-order valence-corrected chi connectivity index (χ4v) is 10.7. The highest BCUT2D eigenvalue weighted by Gasteiger charge is 2.38. The summed E-state index contributed by atoms with van der Waals surface area (Å²) in [6, 6.07) is 64.7. The second-order valence-electron chi connectivity index (χ2n) is 18.2. The van der Waals surface area contributed by atoms with Gasteiger partial charge in [0.15, 0.2) is 0 Å². The molecule has 2 unspecified atom stereocenters. The van der Waals surface area contributed by atoms with E-state index in [0.29, 0.717) is 5.92 Å². The van der Waals surface area contributed by atoms with Crippen LogP contribution in [-0.2, 0) is 5.41 Å². The number of fused-ring (bicyclic) bond motifs is 6. The molecule has 0 fully saturated rings. The third kappa shape index (κ3) is 6.57. The van der Waals surface area contributed by atoms with Gasteiger partial charge in [-0.2, -0.15) is 0 Å². The predicted molar refractivity (Wildman–Crippen MR) is 265 cm³/mol.